The minimum atomic E-state index is -0.456. The highest BCUT2D eigenvalue weighted by atomic mass is 35.5. The Morgan fingerprint density at radius 1 is 1.47 bits per heavy atom. The van der Waals surface area contributed by atoms with Crippen LogP contribution in [-0.2, 0) is 14.3 Å². The number of cyclic esters (lactones) is 1. The molecule has 7 heteroatoms. The Morgan fingerprint density at radius 2 is 2.20 bits per heavy atom. The zero-order chi connectivity index (χ0) is 9.87. The Kier molecular flexibility index (Phi) is 2.44. The van der Waals surface area contributed by atoms with E-state index in [-0.39, 0.29) is 29.7 Å². The topological polar surface area (TPSA) is 72.6 Å². The van der Waals surface area contributed by atoms with Crippen LogP contribution in [0.2, 0.25) is 0 Å². The van der Waals surface area contributed by atoms with E-state index in [0.717, 1.165) is 11.3 Å². The SMILES string of the molecule is Cl.N[C@@H]1C(=O)N2C3=C(COC3=O)CS[C@H]12. The molecule has 3 rings (SSSR count). The van der Waals surface area contributed by atoms with Crippen molar-refractivity contribution in [2.75, 3.05) is 12.4 Å². The van der Waals surface area contributed by atoms with Gasteiger partial charge < -0.3 is 10.5 Å². The summed E-state index contributed by atoms with van der Waals surface area (Å²) in [7, 11) is 0. The predicted molar refractivity (Wildman–Crippen MR) is 56.3 cm³/mol. The van der Waals surface area contributed by atoms with Gasteiger partial charge in [0.05, 0.1) is 0 Å². The van der Waals surface area contributed by atoms with Crippen LogP contribution in [0.4, 0.5) is 0 Å². The van der Waals surface area contributed by atoms with Gasteiger partial charge in [-0.3, -0.25) is 9.69 Å². The van der Waals surface area contributed by atoms with Gasteiger partial charge in [0.25, 0.3) is 0 Å². The van der Waals surface area contributed by atoms with E-state index in [1.54, 1.807) is 11.8 Å². The van der Waals surface area contributed by atoms with Gasteiger partial charge in [-0.1, -0.05) is 0 Å². The summed E-state index contributed by atoms with van der Waals surface area (Å²) in [5.41, 5.74) is 6.98. The molecule has 3 aliphatic rings. The van der Waals surface area contributed by atoms with Crippen LogP contribution in [-0.4, -0.2) is 40.6 Å². The van der Waals surface area contributed by atoms with Crippen molar-refractivity contribution < 1.29 is 14.3 Å². The monoisotopic (exact) mass is 248 g/mol. The molecule has 0 spiro atoms. The Morgan fingerprint density at radius 3 is 2.93 bits per heavy atom. The summed E-state index contributed by atoms with van der Waals surface area (Å²) < 4.78 is 4.88. The number of thioether (sulfide) groups is 1. The molecule has 2 N–H and O–H groups in total. The fourth-order valence-electron chi connectivity index (χ4n) is 1.90. The third-order valence-electron chi connectivity index (χ3n) is 2.66. The number of β-lactam (4-membered cyclic amide) rings is 1. The number of hydrogen-bond acceptors (Lipinski definition) is 5. The second kappa shape index (κ2) is 3.40. The lowest BCUT2D eigenvalue weighted by atomic mass is 10.1. The van der Waals surface area contributed by atoms with Crippen LogP contribution in [0.5, 0.6) is 0 Å². The summed E-state index contributed by atoms with van der Waals surface area (Å²) >= 11 is 1.59. The highest BCUT2D eigenvalue weighted by molar-refractivity contribution is 8.00. The largest absolute Gasteiger partial charge is 0.456 e. The molecule has 0 aromatic heterocycles. The summed E-state index contributed by atoms with van der Waals surface area (Å²) in [5.74, 6) is 0.183. The highest BCUT2D eigenvalue weighted by Gasteiger charge is 2.53. The van der Waals surface area contributed by atoms with Crippen molar-refractivity contribution in [2.45, 2.75) is 11.4 Å². The number of rotatable bonds is 0. The average Bonchev–Trinajstić information content (AvgIpc) is 2.57. The van der Waals surface area contributed by atoms with Crippen molar-refractivity contribution in [1.29, 1.82) is 0 Å². The van der Waals surface area contributed by atoms with Crippen molar-refractivity contribution in [3.8, 4) is 0 Å². The van der Waals surface area contributed by atoms with Gasteiger partial charge in [0.15, 0.2) is 0 Å². The van der Waals surface area contributed by atoms with Gasteiger partial charge in [0.1, 0.15) is 23.7 Å². The standard InChI is InChI=1S/C8H8N2O3S.ClH/c9-4-6(11)10-5-3(1-13-8(5)12)2-14-7(4)10;/h4,7H,1-2,9H2;1H/t4-,7-;/m1./s1. The molecule has 5 nitrogen and oxygen atoms in total. The van der Waals surface area contributed by atoms with Crippen LogP contribution in [0.25, 0.3) is 0 Å². The van der Waals surface area contributed by atoms with Crippen LogP contribution in [0.15, 0.2) is 11.3 Å². The van der Waals surface area contributed by atoms with Gasteiger partial charge in [-0.15, -0.1) is 24.2 Å². The van der Waals surface area contributed by atoms with Gasteiger partial charge in [0.2, 0.25) is 5.91 Å². The quantitative estimate of drug-likeness (QED) is 0.461. The Bertz CT molecular complexity index is 384. The van der Waals surface area contributed by atoms with E-state index >= 15 is 0 Å². The molecule has 1 saturated heterocycles. The maximum atomic E-state index is 11.4. The van der Waals surface area contributed by atoms with Crippen LogP contribution < -0.4 is 5.73 Å². The van der Waals surface area contributed by atoms with Crippen molar-refractivity contribution in [3.63, 3.8) is 0 Å². The second-order valence-electron chi connectivity index (χ2n) is 3.46. The van der Waals surface area contributed by atoms with Gasteiger partial charge in [-0.2, -0.15) is 0 Å². The highest BCUT2D eigenvalue weighted by Crippen LogP contribution is 2.41. The predicted octanol–water partition coefficient (Wildman–Crippen LogP) is -0.539. The van der Waals surface area contributed by atoms with Gasteiger partial charge >= 0.3 is 5.97 Å². The van der Waals surface area contributed by atoms with Crippen LogP contribution >= 0.6 is 24.2 Å². The van der Waals surface area contributed by atoms with Crippen molar-refractivity contribution >= 4 is 36.0 Å². The third kappa shape index (κ3) is 1.22. The number of esters is 1. The Balaban J connectivity index is 0.000000853. The first-order valence-electron chi connectivity index (χ1n) is 4.29. The fourth-order valence-corrected chi connectivity index (χ4v) is 3.17. The smallest absolute Gasteiger partial charge is 0.355 e. The number of amides is 1. The molecule has 0 radical (unpaired) electrons. The molecule has 82 valence electrons. The molecule has 3 aliphatic heterocycles. The van der Waals surface area contributed by atoms with Crippen LogP contribution in [0.3, 0.4) is 0 Å². The molecule has 1 amide bonds. The summed E-state index contributed by atoms with van der Waals surface area (Å²) in [6, 6.07) is -0.456. The first kappa shape index (κ1) is 10.8. The van der Waals surface area contributed by atoms with Crippen LogP contribution in [0, 0.1) is 0 Å². The average molecular weight is 249 g/mol. The third-order valence-corrected chi connectivity index (χ3v) is 4.02. The number of halogens is 1. The number of carbonyl (C=O) groups is 2. The number of hydrogen-bond donors (Lipinski definition) is 1. The fraction of sp³-hybridized carbons (Fsp3) is 0.500. The zero-order valence-corrected chi connectivity index (χ0v) is 9.27. The van der Waals surface area contributed by atoms with E-state index in [1.165, 1.54) is 4.90 Å². The summed E-state index contributed by atoms with van der Waals surface area (Å²) in [4.78, 5) is 24.2. The van der Waals surface area contributed by atoms with E-state index in [2.05, 4.69) is 0 Å². The first-order valence-corrected chi connectivity index (χ1v) is 5.34. The lowest BCUT2D eigenvalue weighted by molar-refractivity contribution is -0.148. The minimum Gasteiger partial charge on any atom is -0.456 e. The minimum absolute atomic E-state index is 0. The Hall–Kier alpha value is -0.720. The zero-order valence-electron chi connectivity index (χ0n) is 7.63. The molecule has 0 aromatic rings. The molecule has 0 bridgehead atoms. The summed E-state index contributed by atoms with van der Waals surface area (Å²) in [6.45, 7) is 0.326. The van der Waals surface area contributed by atoms with Crippen molar-refractivity contribution in [3.05, 3.63) is 11.3 Å². The summed E-state index contributed by atoms with van der Waals surface area (Å²) in [6.07, 6.45) is 0. The number of carbonyl (C=O) groups excluding carboxylic acids is 2. The molecule has 0 saturated carbocycles. The van der Waals surface area contributed by atoms with E-state index in [4.69, 9.17) is 10.5 Å². The second-order valence-corrected chi connectivity index (χ2v) is 4.57. The van der Waals surface area contributed by atoms with E-state index in [1.807, 2.05) is 0 Å². The lowest BCUT2D eigenvalue weighted by Crippen LogP contribution is -2.68. The maximum absolute atomic E-state index is 11.4. The van der Waals surface area contributed by atoms with Crippen LogP contribution in [0.1, 0.15) is 0 Å². The number of ether oxygens (including phenoxy) is 1. The molecule has 3 heterocycles. The van der Waals surface area contributed by atoms with E-state index in [9.17, 15) is 9.59 Å². The van der Waals surface area contributed by atoms with Gasteiger partial charge in [-0.05, 0) is 0 Å². The normalized spacial score (nSPS) is 32.7. The maximum Gasteiger partial charge on any atom is 0.355 e. The molecule has 0 aliphatic carbocycles. The molecule has 0 aromatic carbocycles. The molecule has 2 atom stereocenters. The number of fused-ring (bicyclic) bond motifs is 2. The number of nitrogens with two attached hydrogens (primary N) is 1. The molecular formula is C8H9ClN2O3S. The lowest BCUT2D eigenvalue weighted by Gasteiger charge is -2.46. The number of nitrogens with zero attached hydrogens (tertiary/aromatic N) is 1. The van der Waals surface area contributed by atoms with E-state index < -0.39 is 6.04 Å². The van der Waals surface area contributed by atoms with E-state index in [0.29, 0.717) is 12.3 Å². The van der Waals surface area contributed by atoms with Gasteiger partial charge in [0, 0.05) is 11.3 Å². The molecule has 0 unspecified atom stereocenters. The Labute approximate surface area is 96.4 Å². The molecule has 1 fully saturated rings. The van der Waals surface area contributed by atoms with Gasteiger partial charge in [-0.25, -0.2) is 4.79 Å². The molecular weight excluding hydrogens is 240 g/mol. The van der Waals surface area contributed by atoms with Crippen molar-refractivity contribution in [1.82, 2.24) is 4.90 Å². The first-order chi connectivity index (χ1) is 6.70. The summed E-state index contributed by atoms with van der Waals surface area (Å²) in [5, 5.41) is -0.0631. The molecule has 15 heavy (non-hydrogen) atoms. The van der Waals surface area contributed by atoms with Crippen molar-refractivity contribution in [2.24, 2.45) is 5.73 Å².